The molecule has 4 nitrogen and oxygen atoms in total. The number of benzene rings is 1. The van der Waals surface area contributed by atoms with Crippen LogP contribution in [0.5, 0.6) is 0 Å². The Bertz CT molecular complexity index is 574. The van der Waals surface area contributed by atoms with Crippen molar-refractivity contribution >= 4 is 35.1 Å². The van der Waals surface area contributed by atoms with Crippen LogP contribution < -0.4 is 0 Å². The molecule has 0 heterocycles. The first kappa shape index (κ1) is 16.1. The van der Waals surface area contributed by atoms with Gasteiger partial charge in [-0.25, -0.2) is 0 Å². The van der Waals surface area contributed by atoms with Crippen LogP contribution in [0.2, 0.25) is 10.0 Å². The van der Waals surface area contributed by atoms with Crippen molar-refractivity contribution in [3.63, 3.8) is 0 Å². The number of halogens is 2. The minimum Gasteiger partial charge on any atom is -0.481 e. The van der Waals surface area contributed by atoms with Gasteiger partial charge in [-0.1, -0.05) is 29.3 Å². The molecule has 1 saturated carbocycles. The third kappa shape index (κ3) is 3.69. The lowest BCUT2D eigenvalue weighted by Gasteiger charge is -2.27. The molecule has 0 aliphatic heterocycles. The lowest BCUT2D eigenvalue weighted by Crippen LogP contribution is -2.38. The molecule has 1 fully saturated rings. The van der Waals surface area contributed by atoms with Gasteiger partial charge in [-0.05, 0) is 38.0 Å². The summed E-state index contributed by atoms with van der Waals surface area (Å²) in [5.41, 5.74) is 0.874. The molecular weight excluding hydrogens is 313 g/mol. The van der Waals surface area contributed by atoms with Gasteiger partial charge in [0.15, 0.2) is 0 Å². The number of carboxylic acids is 1. The molecule has 6 heteroatoms. The van der Waals surface area contributed by atoms with Crippen molar-refractivity contribution in [1.82, 2.24) is 4.90 Å². The van der Waals surface area contributed by atoms with Crippen LogP contribution in [0.1, 0.15) is 25.8 Å². The van der Waals surface area contributed by atoms with Gasteiger partial charge >= 0.3 is 5.97 Å². The number of hydrogen-bond acceptors (Lipinski definition) is 2. The van der Waals surface area contributed by atoms with Gasteiger partial charge < -0.3 is 10.0 Å². The zero-order valence-electron chi connectivity index (χ0n) is 11.8. The van der Waals surface area contributed by atoms with E-state index in [0.717, 1.165) is 5.56 Å². The van der Waals surface area contributed by atoms with Gasteiger partial charge in [0.05, 0.1) is 21.9 Å². The second-order valence-electron chi connectivity index (χ2n) is 5.60. The third-order valence-electron chi connectivity index (χ3n) is 3.67. The molecule has 1 N–H and O–H groups in total. The summed E-state index contributed by atoms with van der Waals surface area (Å²) in [7, 11) is 0. The Hall–Kier alpha value is -1.26. The Morgan fingerprint density at radius 3 is 2.43 bits per heavy atom. The van der Waals surface area contributed by atoms with E-state index in [2.05, 4.69) is 0 Å². The molecule has 1 aliphatic carbocycles. The van der Waals surface area contributed by atoms with Crippen molar-refractivity contribution in [2.24, 2.45) is 11.8 Å². The van der Waals surface area contributed by atoms with E-state index in [1.54, 1.807) is 17.0 Å². The molecule has 1 aliphatic rings. The lowest BCUT2D eigenvalue weighted by molar-refractivity contribution is -0.142. The van der Waals surface area contributed by atoms with Crippen LogP contribution >= 0.6 is 23.2 Å². The number of hydrogen-bond donors (Lipinski definition) is 1. The summed E-state index contributed by atoms with van der Waals surface area (Å²) in [6.45, 7) is 4.22. The molecule has 1 aromatic carbocycles. The minimum absolute atomic E-state index is 0.0120. The molecule has 0 aromatic heterocycles. The molecule has 0 bridgehead atoms. The Kier molecular flexibility index (Phi) is 4.79. The maximum atomic E-state index is 12.4. The molecule has 2 unspecified atom stereocenters. The summed E-state index contributed by atoms with van der Waals surface area (Å²) in [5.74, 6) is -1.93. The van der Waals surface area contributed by atoms with E-state index in [4.69, 9.17) is 28.3 Å². The molecule has 114 valence electrons. The van der Waals surface area contributed by atoms with Crippen LogP contribution in [0.25, 0.3) is 0 Å². The molecule has 1 aromatic rings. The van der Waals surface area contributed by atoms with Crippen LogP contribution in [0.15, 0.2) is 18.2 Å². The summed E-state index contributed by atoms with van der Waals surface area (Å²) in [5, 5.41) is 9.86. The van der Waals surface area contributed by atoms with Gasteiger partial charge in [-0.2, -0.15) is 0 Å². The summed E-state index contributed by atoms with van der Waals surface area (Å²) in [6.07, 6.45) is 0.429. The zero-order chi connectivity index (χ0) is 15.7. The van der Waals surface area contributed by atoms with E-state index in [1.165, 1.54) is 0 Å². The quantitative estimate of drug-likeness (QED) is 0.900. The second kappa shape index (κ2) is 6.24. The first-order valence-electron chi connectivity index (χ1n) is 6.78. The monoisotopic (exact) mass is 329 g/mol. The van der Waals surface area contributed by atoms with E-state index >= 15 is 0 Å². The van der Waals surface area contributed by atoms with Crippen molar-refractivity contribution in [2.75, 3.05) is 0 Å². The summed E-state index contributed by atoms with van der Waals surface area (Å²) in [4.78, 5) is 25.0. The number of amides is 1. The van der Waals surface area contributed by atoms with E-state index in [0.29, 0.717) is 23.0 Å². The molecule has 1 amide bonds. The van der Waals surface area contributed by atoms with Gasteiger partial charge in [0.1, 0.15) is 0 Å². The van der Waals surface area contributed by atoms with E-state index in [-0.39, 0.29) is 11.9 Å². The Morgan fingerprint density at radius 1 is 1.29 bits per heavy atom. The topological polar surface area (TPSA) is 57.6 Å². The Morgan fingerprint density at radius 2 is 1.95 bits per heavy atom. The molecule has 2 rings (SSSR count). The average Bonchev–Trinajstić information content (AvgIpc) is 3.19. The second-order valence-corrected chi connectivity index (χ2v) is 6.41. The Labute approximate surface area is 133 Å². The maximum absolute atomic E-state index is 12.4. The predicted molar refractivity (Wildman–Crippen MR) is 81.4 cm³/mol. The zero-order valence-corrected chi connectivity index (χ0v) is 13.4. The van der Waals surface area contributed by atoms with Crippen LogP contribution in [-0.2, 0) is 16.1 Å². The normalized spacial score (nSPS) is 20.4. The highest BCUT2D eigenvalue weighted by atomic mass is 35.5. The van der Waals surface area contributed by atoms with Crippen molar-refractivity contribution in [3.05, 3.63) is 33.8 Å². The largest absolute Gasteiger partial charge is 0.481 e. The van der Waals surface area contributed by atoms with Crippen molar-refractivity contribution in [3.8, 4) is 0 Å². The highest BCUT2D eigenvalue weighted by Crippen LogP contribution is 2.40. The fourth-order valence-electron chi connectivity index (χ4n) is 2.30. The van der Waals surface area contributed by atoms with E-state index in [1.807, 2.05) is 19.9 Å². The van der Waals surface area contributed by atoms with Gasteiger partial charge in [0, 0.05) is 12.6 Å². The van der Waals surface area contributed by atoms with Crippen molar-refractivity contribution in [1.29, 1.82) is 0 Å². The molecule has 0 spiro atoms. The number of carboxylic acid groups (broad SMARTS) is 1. The predicted octanol–water partition coefficient (Wildman–Crippen LogP) is 3.45. The number of nitrogens with zero attached hydrogens (tertiary/aromatic N) is 1. The van der Waals surface area contributed by atoms with Gasteiger partial charge in [0.25, 0.3) is 0 Å². The van der Waals surface area contributed by atoms with Crippen LogP contribution in [0, 0.1) is 11.8 Å². The summed E-state index contributed by atoms with van der Waals surface area (Å²) < 4.78 is 0. The standard InChI is InChI=1S/C15H17Cl2NO3/c1-8(2)18(14(19)10-6-11(10)15(20)21)7-9-3-4-12(16)13(17)5-9/h3-5,8,10-11H,6-7H2,1-2H3,(H,20,21). The molecule has 0 radical (unpaired) electrons. The number of rotatable bonds is 5. The van der Waals surface area contributed by atoms with Gasteiger partial charge in [-0.3, -0.25) is 9.59 Å². The highest BCUT2D eigenvalue weighted by molar-refractivity contribution is 6.42. The fourth-order valence-corrected chi connectivity index (χ4v) is 2.62. The first-order valence-corrected chi connectivity index (χ1v) is 7.54. The lowest BCUT2D eigenvalue weighted by atomic mass is 10.1. The number of aliphatic carboxylic acids is 1. The van der Waals surface area contributed by atoms with E-state index in [9.17, 15) is 9.59 Å². The van der Waals surface area contributed by atoms with Crippen LogP contribution in [-0.4, -0.2) is 27.9 Å². The van der Waals surface area contributed by atoms with Crippen molar-refractivity contribution < 1.29 is 14.7 Å². The fraction of sp³-hybridized carbons (Fsp3) is 0.467. The smallest absolute Gasteiger partial charge is 0.307 e. The molecule has 2 atom stereocenters. The van der Waals surface area contributed by atoms with Crippen LogP contribution in [0.3, 0.4) is 0 Å². The van der Waals surface area contributed by atoms with Gasteiger partial charge in [-0.15, -0.1) is 0 Å². The molecule has 21 heavy (non-hydrogen) atoms. The average molecular weight is 330 g/mol. The molecular formula is C15H17Cl2NO3. The first-order chi connectivity index (χ1) is 9.81. The van der Waals surface area contributed by atoms with E-state index < -0.39 is 17.8 Å². The maximum Gasteiger partial charge on any atom is 0.307 e. The number of carbonyl (C=O) groups is 2. The highest BCUT2D eigenvalue weighted by Gasteiger charge is 2.50. The molecule has 0 saturated heterocycles. The Balaban J connectivity index is 2.11. The summed E-state index contributed by atoms with van der Waals surface area (Å²) >= 11 is 11.9. The van der Waals surface area contributed by atoms with Crippen LogP contribution in [0.4, 0.5) is 0 Å². The van der Waals surface area contributed by atoms with Crippen molar-refractivity contribution in [2.45, 2.75) is 32.9 Å². The number of carbonyl (C=O) groups excluding carboxylic acids is 1. The minimum atomic E-state index is -0.897. The summed E-state index contributed by atoms with van der Waals surface area (Å²) in [6, 6.07) is 5.23. The third-order valence-corrected chi connectivity index (χ3v) is 4.41. The van der Waals surface area contributed by atoms with Gasteiger partial charge in [0.2, 0.25) is 5.91 Å². The SMILES string of the molecule is CC(C)N(Cc1ccc(Cl)c(Cl)c1)C(=O)C1CC1C(=O)O.